The number of fused-ring (bicyclic) bond motifs is 1. The molecule has 200 valence electrons. The molecule has 1 aromatic heterocycles. The van der Waals surface area contributed by atoms with E-state index in [1.54, 1.807) is 54.9 Å². The minimum absolute atomic E-state index is 0.0114. The zero-order valence-electron chi connectivity index (χ0n) is 20.9. The van der Waals surface area contributed by atoms with E-state index in [9.17, 15) is 23.4 Å². The van der Waals surface area contributed by atoms with Crippen LogP contribution in [0.4, 0.5) is 5.69 Å². The lowest BCUT2D eigenvalue weighted by atomic mass is 9.99. The number of nitrogens with one attached hydrogen (secondary N) is 2. The molecule has 0 aliphatic heterocycles. The first-order valence-electron chi connectivity index (χ1n) is 11.9. The first-order chi connectivity index (χ1) is 17.9. The number of halogens is 1. The number of hydrogen-bond donors (Lipinski definition) is 4. The van der Waals surface area contributed by atoms with Crippen molar-refractivity contribution in [2.45, 2.75) is 43.4 Å². The van der Waals surface area contributed by atoms with Crippen molar-refractivity contribution in [3.8, 4) is 0 Å². The summed E-state index contributed by atoms with van der Waals surface area (Å²) in [4.78, 5) is 15.8. The summed E-state index contributed by atoms with van der Waals surface area (Å²) in [6, 6.07) is 17.8. The highest BCUT2D eigenvalue weighted by molar-refractivity contribution is 7.92. The molecule has 9 nitrogen and oxygen atoms in total. The number of aromatic carboxylic acids is 1. The van der Waals surface area contributed by atoms with Crippen LogP contribution in [-0.2, 0) is 16.6 Å². The van der Waals surface area contributed by atoms with Gasteiger partial charge in [0.25, 0.3) is 10.0 Å². The van der Waals surface area contributed by atoms with E-state index in [4.69, 9.17) is 11.6 Å². The molecule has 0 saturated carbocycles. The Morgan fingerprint density at radius 2 is 1.84 bits per heavy atom. The summed E-state index contributed by atoms with van der Waals surface area (Å²) in [5.74, 6) is -1.10. The predicted octanol–water partition coefficient (Wildman–Crippen LogP) is 4.68. The molecule has 0 unspecified atom stereocenters. The number of sulfonamides is 1. The van der Waals surface area contributed by atoms with E-state index in [0.717, 1.165) is 5.52 Å². The van der Waals surface area contributed by atoms with Gasteiger partial charge < -0.3 is 20.1 Å². The summed E-state index contributed by atoms with van der Waals surface area (Å²) in [7, 11) is -3.74. The number of aryl methyl sites for hydroxylation is 1. The third-order valence-electron chi connectivity index (χ3n) is 6.27. The van der Waals surface area contributed by atoms with Crippen molar-refractivity contribution in [2.75, 3.05) is 11.3 Å². The minimum atomic E-state index is -3.74. The van der Waals surface area contributed by atoms with Gasteiger partial charge in [-0.1, -0.05) is 41.9 Å². The zero-order valence-corrected chi connectivity index (χ0v) is 22.5. The average molecular weight is 557 g/mol. The normalized spacial score (nSPS) is 12.9. The Morgan fingerprint density at radius 1 is 1.11 bits per heavy atom. The maximum absolute atomic E-state index is 12.6. The Morgan fingerprint density at radius 3 is 2.55 bits per heavy atom. The third-order valence-corrected chi connectivity index (χ3v) is 7.98. The van der Waals surface area contributed by atoms with Crippen molar-refractivity contribution < 1.29 is 23.4 Å². The van der Waals surface area contributed by atoms with Crippen molar-refractivity contribution in [2.24, 2.45) is 0 Å². The predicted molar refractivity (Wildman–Crippen MR) is 147 cm³/mol. The quantitative estimate of drug-likeness (QED) is 0.211. The topological polar surface area (TPSA) is 134 Å². The van der Waals surface area contributed by atoms with Gasteiger partial charge in [0, 0.05) is 24.3 Å². The van der Waals surface area contributed by atoms with Crippen LogP contribution in [0.1, 0.15) is 42.3 Å². The fraction of sp³-hybridized carbons (Fsp3) is 0.259. The van der Waals surface area contributed by atoms with Crippen molar-refractivity contribution in [3.05, 3.63) is 89.2 Å². The number of carboxylic acid groups (broad SMARTS) is 1. The van der Waals surface area contributed by atoms with Crippen LogP contribution >= 0.6 is 11.6 Å². The number of aromatic nitrogens is 2. The molecule has 38 heavy (non-hydrogen) atoms. The first kappa shape index (κ1) is 27.6. The van der Waals surface area contributed by atoms with Crippen molar-refractivity contribution >= 4 is 44.3 Å². The lowest BCUT2D eigenvalue weighted by Crippen LogP contribution is -2.42. The van der Waals surface area contributed by atoms with E-state index in [1.165, 1.54) is 18.2 Å². The SMILES string of the molecule is CC(C)(CCn1cnc2cc(C(=O)O)c(Cl)cc21)NC[C@@H](O)c1cccc(NS(=O)(=O)c2ccccc2)c1. The van der Waals surface area contributed by atoms with Crippen LogP contribution in [0.25, 0.3) is 11.0 Å². The fourth-order valence-electron chi connectivity index (χ4n) is 4.02. The summed E-state index contributed by atoms with van der Waals surface area (Å²) in [5.41, 5.74) is 1.88. The molecule has 1 atom stereocenters. The number of aliphatic hydroxyl groups is 1. The summed E-state index contributed by atoms with van der Waals surface area (Å²) in [6.45, 7) is 4.87. The molecule has 4 N–H and O–H groups in total. The second-order valence-electron chi connectivity index (χ2n) is 9.64. The molecule has 0 aliphatic carbocycles. The molecule has 0 fully saturated rings. The van der Waals surface area contributed by atoms with Crippen molar-refractivity contribution in [1.82, 2.24) is 14.9 Å². The van der Waals surface area contributed by atoms with Crippen LogP contribution in [0.3, 0.4) is 0 Å². The van der Waals surface area contributed by atoms with Gasteiger partial charge in [-0.25, -0.2) is 18.2 Å². The van der Waals surface area contributed by atoms with Crippen molar-refractivity contribution in [1.29, 1.82) is 0 Å². The molecule has 0 aliphatic rings. The van der Waals surface area contributed by atoms with Gasteiger partial charge in [0.15, 0.2) is 0 Å². The number of imidazole rings is 1. The lowest BCUT2D eigenvalue weighted by Gasteiger charge is -2.28. The number of nitrogens with zero attached hydrogens (tertiary/aromatic N) is 2. The van der Waals surface area contributed by atoms with Gasteiger partial charge in [-0.15, -0.1) is 0 Å². The van der Waals surface area contributed by atoms with Crippen LogP contribution in [0.2, 0.25) is 5.02 Å². The van der Waals surface area contributed by atoms with E-state index in [0.29, 0.717) is 29.7 Å². The van der Waals surface area contributed by atoms with Crippen LogP contribution in [0, 0.1) is 0 Å². The van der Waals surface area contributed by atoms with Crippen LogP contribution in [0.15, 0.2) is 78.0 Å². The van der Waals surface area contributed by atoms with Crippen molar-refractivity contribution in [3.63, 3.8) is 0 Å². The zero-order chi connectivity index (χ0) is 27.5. The number of aliphatic hydroxyl groups excluding tert-OH is 1. The Hall–Kier alpha value is -3.44. The second kappa shape index (κ2) is 11.1. The Bertz CT molecular complexity index is 1550. The molecule has 1 heterocycles. The Kier molecular flexibility index (Phi) is 8.08. The standard InChI is InChI=1S/C27H29ClN4O5S/c1-27(2,11-12-32-17-29-23-14-21(26(34)35)22(28)15-24(23)32)30-16-25(33)18-7-6-8-19(13-18)31-38(36,37)20-9-4-3-5-10-20/h3-10,13-15,17,25,30-31,33H,11-12,16H2,1-2H3,(H,34,35)/t25-/m1/s1. The molecule has 0 amide bonds. The number of rotatable bonds is 11. The lowest BCUT2D eigenvalue weighted by molar-refractivity contribution is 0.0697. The molecule has 4 rings (SSSR count). The smallest absolute Gasteiger partial charge is 0.337 e. The molecule has 4 aromatic rings. The highest BCUT2D eigenvalue weighted by atomic mass is 35.5. The molecule has 11 heteroatoms. The van der Waals surface area contributed by atoms with Gasteiger partial charge >= 0.3 is 5.97 Å². The van der Waals surface area contributed by atoms with Gasteiger partial charge in [0.1, 0.15) is 0 Å². The molecular formula is C27H29ClN4O5S. The first-order valence-corrected chi connectivity index (χ1v) is 13.8. The number of benzene rings is 3. The van der Waals surface area contributed by atoms with E-state index in [-0.39, 0.29) is 27.6 Å². The van der Waals surface area contributed by atoms with Gasteiger partial charge in [-0.05, 0) is 62.2 Å². The summed E-state index contributed by atoms with van der Waals surface area (Å²) < 4.78 is 29.7. The maximum atomic E-state index is 12.6. The molecule has 0 spiro atoms. The summed E-state index contributed by atoms with van der Waals surface area (Å²) in [5, 5.41) is 23.6. The summed E-state index contributed by atoms with van der Waals surface area (Å²) >= 11 is 6.14. The molecule has 0 bridgehead atoms. The molecule has 0 saturated heterocycles. The average Bonchev–Trinajstić information content (AvgIpc) is 3.27. The van der Waals surface area contributed by atoms with E-state index in [1.807, 2.05) is 18.4 Å². The van der Waals surface area contributed by atoms with E-state index in [2.05, 4.69) is 15.0 Å². The minimum Gasteiger partial charge on any atom is -0.478 e. The monoisotopic (exact) mass is 556 g/mol. The summed E-state index contributed by atoms with van der Waals surface area (Å²) in [6.07, 6.45) is 1.47. The largest absolute Gasteiger partial charge is 0.478 e. The number of β-amino-alcohol motifs (C(OH)–C–C–N with tert-alkyl or cyclic N) is 1. The number of carboxylic acids is 1. The Labute approximate surface area is 226 Å². The highest BCUT2D eigenvalue weighted by Crippen LogP contribution is 2.25. The van der Waals surface area contributed by atoms with Crippen LogP contribution in [-0.4, -0.2) is 46.2 Å². The van der Waals surface area contributed by atoms with Crippen LogP contribution < -0.4 is 10.0 Å². The fourth-order valence-corrected chi connectivity index (χ4v) is 5.33. The molecule has 3 aromatic carbocycles. The van der Waals surface area contributed by atoms with E-state index >= 15 is 0 Å². The molecular weight excluding hydrogens is 528 g/mol. The van der Waals surface area contributed by atoms with Gasteiger partial charge in [0.05, 0.1) is 38.9 Å². The third kappa shape index (κ3) is 6.51. The van der Waals surface area contributed by atoms with Gasteiger partial charge in [-0.3, -0.25) is 4.72 Å². The highest BCUT2D eigenvalue weighted by Gasteiger charge is 2.21. The van der Waals surface area contributed by atoms with Gasteiger partial charge in [0.2, 0.25) is 0 Å². The number of anilines is 1. The Balaban J connectivity index is 1.37. The second-order valence-corrected chi connectivity index (χ2v) is 11.7. The number of carbonyl (C=O) groups is 1. The maximum Gasteiger partial charge on any atom is 0.337 e. The van der Waals surface area contributed by atoms with Crippen LogP contribution in [0.5, 0.6) is 0 Å². The van der Waals surface area contributed by atoms with Gasteiger partial charge in [-0.2, -0.15) is 0 Å². The number of hydrogen-bond acceptors (Lipinski definition) is 6. The van der Waals surface area contributed by atoms with E-state index < -0.39 is 22.1 Å². The molecule has 0 radical (unpaired) electrons.